The molecule has 2 aliphatic rings. The molecular formula is C16H24ClN3. The molecule has 1 fully saturated rings. The van der Waals surface area contributed by atoms with Gasteiger partial charge in [0.05, 0.1) is 0 Å². The van der Waals surface area contributed by atoms with Crippen molar-refractivity contribution in [2.24, 2.45) is 0 Å². The maximum atomic E-state index is 6.05. The number of aromatic nitrogens is 2. The third-order valence-electron chi connectivity index (χ3n) is 4.72. The van der Waals surface area contributed by atoms with Crippen molar-refractivity contribution < 1.29 is 0 Å². The molecule has 1 aromatic rings. The standard InChI is InChI=1S/C16H24ClN3/c17-10-11-20(13-6-4-5-7-13)16-14-8-2-1-3-9-15(14)18-12-19-16/h12-13H,1-11H2. The summed E-state index contributed by atoms with van der Waals surface area (Å²) in [4.78, 5) is 11.7. The van der Waals surface area contributed by atoms with Crippen LogP contribution in [0.15, 0.2) is 6.33 Å². The number of hydrogen-bond donors (Lipinski definition) is 0. The zero-order chi connectivity index (χ0) is 13.8. The van der Waals surface area contributed by atoms with Crippen LogP contribution in [0.25, 0.3) is 0 Å². The van der Waals surface area contributed by atoms with Crippen LogP contribution in [-0.2, 0) is 12.8 Å². The van der Waals surface area contributed by atoms with Gasteiger partial charge in [0.1, 0.15) is 12.1 Å². The van der Waals surface area contributed by atoms with Gasteiger partial charge in [-0.3, -0.25) is 0 Å². The van der Waals surface area contributed by atoms with Crippen molar-refractivity contribution in [3.8, 4) is 0 Å². The molecule has 1 saturated carbocycles. The summed E-state index contributed by atoms with van der Waals surface area (Å²) in [5.41, 5.74) is 2.69. The molecule has 2 aliphatic carbocycles. The van der Waals surface area contributed by atoms with Crippen LogP contribution in [0.4, 0.5) is 5.82 Å². The molecule has 1 aromatic heterocycles. The first-order valence-corrected chi connectivity index (χ1v) is 8.59. The third-order valence-corrected chi connectivity index (χ3v) is 4.88. The summed E-state index contributed by atoms with van der Waals surface area (Å²) >= 11 is 6.05. The van der Waals surface area contributed by atoms with Gasteiger partial charge in [0.25, 0.3) is 0 Å². The van der Waals surface area contributed by atoms with Gasteiger partial charge in [0.15, 0.2) is 0 Å². The van der Waals surface area contributed by atoms with Crippen molar-refractivity contribution >= 4 is 17.4 Å². The lowest BCUT2D eigenvalue weighted by molar-refractivity contribution is 0.609. The van der Waals surface area contributed by atoms with E-state index in [1.807, 2.05) is 0 Å². The summed E-state index contributed by atoms with van der Waals surface area (Å²) in [5, 5.41) is 0. The summed E-state index contributed by atoms with van der Waals surface area (Å²) in [6.45, 7) is 0.912. The Morgan fingerprint density at radius 3 is 2.65 bits per heavy atom. The van der Waals surface area contributed by atoms with Crippen LogP contribution in [0.3, 0.4) is 0 Å². The molecule has 0 bridgehead atoms. The fourth-order valence-corrected chi connectivity index (χ4v) is 3.88. The molecule has 0 radical (unpaired) electrons. The number of anilines is 1. The smallest absolute Gasteiger partial charge is 0.135 e. The first kappa shape index (κ1) is 14.1. The SMILES string of the molecule is ClCCN(c1ncnc2c1CCCCC2)C1CCCC1. The lowest BCUT2D eigenvalue weighted by Gasteiger charge is -2.31. The highest BCUT2D eigenvalue weighted by atomic mass is 35.5. The van der Waals surface area contributed by atoms with E-state index in [-0.39, 0.29) is 0 Å². The largest absolute Gasteiger partial charge is 0.352 e. The average Bonchev–Trinajstić information content (AvgIpc) is 2.89. The van der Waals surface area contributed by atoms with Crippen molar-refractivity contribution in [2.75, 3.05) is 17.3 Å². The second kappa shape index (κ2) is 6.75. The summed E-state index contributed by atoms with van der Waals surface area (Å²) in [6, 6.07) is 0.635. The first-order valence-electron chi connectivity index (χ1n) is 8.05. The highest BCUT2D eigenvalue weighted by Crippen LogP contribution is 2.32. The Balaban J connectivity index is 1.93. The molecule has 0 aliphatic heterocycles. The minimum absolute atomic E-state index is 0.635. The molecule has 3 rings (SSSR count). The van der Waals surface area contributed by atoms with Crippen LogP contribution < -0.4 is 4.90 Å². The number of aryl methyl sites for hydroxylation is 1. The second-order valence-corrected chi connectivity index (χ2v) is 6.38. The van der Waals surface area contributed by atoms with E-state index in [4.69, 9.17) is 11.6 Å². The number of hydrogen-bond acceptors (Lipinski definition) is 3. The van der Waals surface area contributed by atoms with Gasteiger partial charge in [-0.05, 0) is 38.5 Å². The zero-order valence-electron chi connectivity index (χ0n) is 12.2. The van der Waals surface area contributed by atoms with Gasteiger partial charge in [0, 0.05) is 29.7 Å². The second-order valence-electron chi connectivity index (χ2n) is 6.00. The van der Waals surface area contributed by atoms with E-state index in [9.17, 15) is 0 Å². The van der Waals surface area contributed by atoms with Crippen LogP contribution in [-0.4, -0.2) is 28.4 Å². The third kappa shape index (κ3) is 2.93. The quantitative estimate of drug-likeness (QED) is 0.625. The molecule has 0 amide bonds. The van der Waals surface area contributed by atoms with Gasteiger partial charge in [-0.15, -0.1) is 11.6 Å². The molecule has 3 nitrogen and oxygen atoms in total. The zero-order valence-corrected chi connectivity index (χ0v) is 12.9. The van der Waals surface area contributed by atoms with Crippen LogP contribution in [0.2, 0.25) is 0 Å². The van der Waals surface area contributed by atoms with Gasteiger partial charge in [-0.2, -0.15) is 0 Å². The molecule has 4 heteroatoms. The highest BCUT2D eigenvalue weighted by Gasteiger charge is 2.26. The van der Waals surface area contributed by atoms with Gasteiger partial charge in [0.2, 0.25) is 0 Å². The molecule has 0 spiro atoms. The highest BCUT2D eigenvalue weighted by molar-refractivity contribution is 6.18. The van der Waals surface area contributed by atoms with E-state index >= 15 is 0 Å². The predicted octanol–water partition coefficient (Wildman–Crippen LogP) is 3.73. The van der Waals surface area contributed by atoms with E-state index < -0.39 is 0 Å². The van der Waals surface area contributed by atoms with Crippen molar-refractivity contribution in [2.45, 2.75) is 63.8 Å². The predicted molar refractivity (Wildman–Crippen MR) is 83.6 cm³/mol. The number of rotatable bonds is 4. The lowest BCUT2D eigenvalue weighted by Crippen LogP contribution is -2.36. The normalized spacial score (nSPS) is 19.6. The van der Waals surface area contributed by atoms with Crippen molar-refractivity contribution in [1.29, 1.82) is 0 Å². The van der Waals surface area contributed by atoms with Crippen molar-refractivity contribution in [1.82, 2.24) is 9.97 Å². The van der Waals surface area contributed by atoms with E-state index in [2.05, 4.69) is 14.9 Å². The maximum absolute atomic E-state index is 6.05. The Kier molecular flexibility index (Phi) is 4.77. The molecule has 0 N–H and O–H groups in total. The van der Waals surface area contributed by atoms with Crippen molar-refractivity contribution in [3.05, 3.63) is 17.6 Å². The fraction of sp³-hybridized carbons (Fsp3) is 0.750. The molecule has 1 heterocycles. The monoisotopic (exact) mass is 293 g/mol. The summed E-state index contributed by atoms with van der Waals surface area (Å²) in [6.07, 6.45) is 13.1. The molecule has 0 aromatic carbocycles. The lowest BCUT2D eigenvalue weighted by atomic mass is 10.1. The van der Waals surface area contributed by atoms with Crippen LogP contribution >= 0.6 is 11.6 Å². The Hall–Kier alpha value is -0.830. The summed E-state index contributed by atoms with van der Waals surface area (Å²) < 4.78 is 0. The minimum atomic E-state index is 0.635. The number of fused-ring (bicyclic) bond motifs is 1. The topological polar surface area (TPSA) is 29.0 Å². The molecule has 20 heavy (non-hydrogen) atoms. The molecule has 0 atom stereocenters. The fourth-order valence-electron chi connectivity index (χ4n) is 3.70. The van der Waals surface area contributed by atoms with E-state index in [1.165, 1.54) is 62.0 Å². The van der Waals surface area contributed by atoms with E-state index in [0.29, 0.717) is 11.9 Å². The number of alkyl halides is 1. The van der Waals surface area contributed by atoms with Gasteiger partial charge in [-0.1, -0.05) is 19.3 Å². The van der Waals surface area contributed by atoms with E-state index in [0.717, 1.165) is 19.4 Å². The Bertz CT molecular complexity index is 443. The molecule has 0 unspecified atom stereocenters. The van der Waals surface area contributed by atoms with Crippen LogP contribution in [0, 0.1) is 0 Å². The van der Waals surface area contributed by atoms with Gasteiger partial charge < -0.3 is 4.90 Å². The Morgan fingerprint density at radius 1 is 1.05 bits per heavy atom. The van der Waals surface area contributed by atoms with Gasteiger partial charge in [-0.25, -0.2) is 9.97 Å². The number of halogens is 1. The first-order chi connectivity index (χ1) is 9.90. The van der Waals surface area contributed by atoms with Crippen molar-refractivity contribution in [3.63, 3.8) is 0 Å². The number of nitrogens with zero attached hydrogens (tertiary/aromatic N) is 3. The van der Waals surface area contributed by atoms with Crippen LogP contribution in [0.5, 0.6) is 0 Å². The van der Waals surface area contributed by atoms with E-state index in [1.54, 1.807) is 6.33 Å². The molecular weight excluding hydrogens is 270 g/mol. The molecule has 110 valence electrons. The molecule has 0 saturated heterocycles. The van der Waals surface area contributed by atoms with Crippen LogP contribution in [0.1, 0.15) is 56.2 Å². The van der Waals surface area contributed by atoms with Gasteiger partial charge >= 0.3 is 0 Å². The Morgan fingerprint density at radius 2 is 1.85 bits per heavy atom. The Labute approximate surface area is 126 Å². The minimum Gasteiger partial charge on any atom is -0.352 e. The summed E-state index contributed by atoms with van der Waals surface area (Å²) in [7, 11) is 0. The summed E-state index contributed by atoms with van der Waals surface area (Å²) in [5.74, 6) is 1.86. The maximum Gasteiger partial charge on any atom is 0.135 e. The average molecular weight is 294 g/mol.